The second kappa shape index (κ2) is 11.5. The minimum atomic E-state index is -4.91. The summed E-state index contributed by atoms with van der Waals surface area (Å²) in [6.07, 6.45) is -2.54. The highest BCUT2D eigenvalue weighted by atomic mass is 19.4. The molecule has 194 valence electrons. The van der Waals surface area contributed by atoms with Crippen LogP contribution < -0.4 is 16.6 Å². The van der Waals surface area contributed by atoms with Gasteiger partial charge in [-0.15, -0.1) is 0 Å². The molecule has 1 aromatic carbocycles. The van der Waals surface area contributed by atoms with Gasteiger partial charge in [-0.25, -0.2) is 9.18 Å². The zero-order valence-electron chi connectivity index (χ0n) is 19.6. The number of hydrogen-bond donors (Lipinski definition) is 1. The normalized spacial score (nSPS) is 17.7. The van der Waals surface area contributed by atoms with Crippen LogP contribution in [-0.2, 0) is 17.5 Å². The van der Waals surface area contributed by atoms with Gasteiger partial charge in [-0.2, -0.15) is 18.4 Å². The number of benzene rings is 1. The van der Waals surface area contributed by atoms with Gasteiger partial charge in [0.2, 0.25) is 0 Å². The zero-order valence-corrected chi connectivity index (χ0v) is 19.6. The molecule has 2 atom stereocenters. The number of carbonyl (C=O) groups excluding carboxylic acids is 1. The Bertz CT molecular complexity index is 1260. The van der Waals surface area contributed by atoms with Crippen LogP contribution in [0.25, 0.3) is 0 Å². The van der Waals surface area contributed by atoms with E-state index in [0.717, 1.165) is 16.7 Å². The molecule has 0 spiro atoms. The van der Waals surface area contributed by atoms with Gasteiger partial charge < -0.3 is 10.1 Å². The van der Waals surface area contributed by atoms with Crippen molar-refractivity contribution in [3.8, 4) is 6.07 Å². The quantitative estimate of drug-likeness (QED) is 0.409. The van der Waals surface area contributed by atoms with Gasteiger partial charge in [0.05, 0.1) is 11.7 Å². The van der Waals surface area contributed by atoms with Crippen molar-refractivity contribution in [3.63, 3.8) is 0 Å². The van der Waals surface area contributed by atoms with E-state index in [9.17, 15) is 31.9 Å². The summed E-state index contributed by atoms with van der Waals surface area (Å²) in [6, 6.07) is 5.12. The monoisotopic (exact) mass is 510 g/mol. The Morgan fingerprint density at radius 2 is 1.92 bits per heavy atom. The van der Waals surface area contributed by atoms with Crippen molar-refractivity contribution in [2.75, 3.05) is 6.54 Å². The van der Waals surface area contributed by atoms with E-state index >= 15 is 0 Å². The van der Waals surface area contributed by atoms with Crippen molar-refractivity contribution in [2.45, 2.75) is 70.5 Å². The number of unbranched alkanes of at least 4 members (excludes halogenated alkanes) is 3. The molecule has 0 bridgehead atoms. The molecule has 1 saturated heterocycles. The second-order valence-electron chi connectivity index (χ2n) is 8.64. The number of rotatable bonds is 9. The summed E-state index contributed by atoms with van der Waals surface area (Å²) in [6.45, 7) is 1.87. The van der Waals surface area contributed by atoms with Crippen molar-refractivity contribution in [3.05, 3.63) is 67.7 Å². The van der Waals surface area contributed by atoms with Gasteiger partial charge in [-0.1, -0.05) is 12.8 Å². The van der Waals surface area contributed by atoms with E-state index in [0.29, 0.717) is 42.9 Å². The van der Waals surface area contributed by atoms with Crippen LogP contribution in [0.5, 0.6) is 0 Å². The topological polar surface area (TPSA) is 106 Å². The summed E-state index contributed by atoms with van der Waals surface area (Å²) >= 11 is 0. The highest BCUT2D eigenvalue weighted by molar-refractivity contribution is 5.94. The van der Waals surface area contributed by atoms with Crippen LogP contribution in [0.3, 0.4) is 0 Å². The van der Waals surface area contributed by atoms with Gasteiger partial charge in [-0.3, -0.25) is 18.7 Å². The lowest BCUT2D eigenvalue weighted by Crippen LogP contribution is -2.44. The summed E-state index contributed by atoms with van der Waals surface area (Å²) in [5.74, 6) is -1.18. The summed E-state index contributed by atoms with van der Waals surface area (Å²) in [4.78, 5) is 37.3. The first-order chi connectivity index (χ1) is 17.0. The number of hydrogen-bond acceptors (Lipinski definition) is 5. The third kappa shape index (κ3) is 6.40. The fourth-order valence-corrected chi connectivity index (χ4v) is 4.01. The molecule has 12 heteroatoms. The predicted molar refractivity (Wildman–Crippen MR) is 121 cm³/mol. The zero-order chi connectivity index (χ0) is 26.5. The average molecular weight is 510 g/mol. The van der Waals surface area contributed by atoms with Crippen LogP contribution in [0.15, 0.2) is 34.0 Å². The van der Waals surface area contributed by atoms with E-state index in [4.69, 9.17) is 10.00 Å². The third-order valence-electron chi connectivity index (χ3n) is 5.96. The molecule has 3 rings (SSSR count). The average Bonchev–Trinajstić information content (AvgIpc) is 3.25. The lowest BCUT2D eigenvalue weighted by Gasteiger charge is -2.19. The summed E-state index contributed by atoms with van der Waals surface area (Å²) in [5.41, 5.74) is -3.71. The van der Waals surface area contributed by atoms with Crippen molar-refractivity contribution in [1.82, 2.24) is 14.5 Å². The molecule has 0 saturated carbocycles. The number of amides is 1. The highest BCUT2D eigenvalue weighted by Crippen LogP contribution is 2.30. The molecule has 2 heterocycles. The van der Waals surface area contributed by atoms with Crippen LogP contribution in [-0.4, -0.2) is 27.7 Å². The van der Waals surface area contributed by atoms with Crippen LogP contribution in [0.1, 0.15) is 73.2 Å². The molecule has 0 aliphatic carbocycles. The van der Waals surface area contributed by atoms with Crippen LogP contribution in [0.2, 0.25) is 0 Å². The first-order valence-electron chi connectivity index (χ1n) is 11.6. The van der Waals surface area contributed by atoms with Gasteiger partial charge >= 0.3 is 11.9 Å². The third-order valence-corrected chi connectivity index (χ3v) is 5.96. The molecule has 8 nitrogen and oxygen atoms in total. The molecule has 1 amide bonds. The maximum Gasteiger partial charge on any atom is 0.423 e. The lowest BCUT2D eigenvalue weighted by atomic mass is 10.1. The Morgan fingerprint density at radius 1 is 1.19 bits per heavy atom. The maximum atomic E-state index is 13.4. The Balaban J connectivity index is 1.55. The Labute approximate surface area is 204 Å². The van der Waals surface area contributed by atoms with Crippen LogP contribution >= 0.6 is 0 Å². The molecule has 1 aromatic heterocycles. The molecule has 2 aromatic rings. The van der Waals surface area contributed by atoms with Crippen molar-refractivity contribution in [2.24, 2.45) is 0 Å². The Kier molecular flexibility index (Phi) is 8.68. The fourth-order valence-electron chi connectivity index (χ4n) is 4.01. The molecule has 1 aliphatic heterocycles. The van der Waals surface area contributed by atoms with Gasteiger partial charge in [0.15, 0.2) is 0 Å². The van der Waals surface area contributed by atoms with Gasteiger partial charge in [0, 0.05) is 24.8 Å². The van der Waals surface area contributed by atoms with Crippen LogP contribution in [0, 0.1) is 17.1 Å². The minimum Gasteiger partial charge on any atom is -0.355 e. The second-order valence-corrected chi connectivity index (χ2v) is 8.64. The smallest absolute Gasteiger partial charge is 0.355 e. The largest absolute Gasteiger partial charge is 0.423 e. The number of nitriles is 1. The number of alkyl halides is 3. The first-order valence-corrected chi connectivity index (χ1v) is 11.6. The van der Waals surface area contributed by atoms with Crippen molar-refractivity contribution in [1.29, 1.82) is 5.26 Å². The number of nitrogens with zero attached hydrogens (tertiary/aromatic N) is 3. The van der Waals surface area contributed by atoms with E-state index in [1.54, 1.807) is 13.0 Å². The highest BCUT2D eigenvalue weighted by Gasteiger charge is 2.37. The predicted octanol–water partition coefficient (Wildman–Crippen LogP) is 3.73. The van der Waals surface area contributed by atoms with Crippen molar-refractivity contribution < 1.29 is 27.1 Å². The molecule has 1 N–H and O–H groups in total. The fraction of sp³-hybridized carbons (Fsp3) is 0.500. The number of aromatic nitrogens is 2. The van der Waals surface area contributed by atoms with E-state index < -0.39 is 40.9 Å². The summed E-state index contributed by atoms with van der Waals surface area (Å²) in [7, 11) is 0. The van der Waals surface area contributed by atoms with Gasteiger partial charge in [-0.05, 0) is 50.8 Å². The van der Waals surface area contributed by atoms with E-state index in [2.05, 4.69) is 5.32 Å². The lowest BCUT2D eigenvalue weighted by molar-refractivity contribution is -0.140. The minimum absolute atomic E-state index is 0.147. The van der Waals surface area contributed by atoms with E-state index in [1.807, 2.05) is 0 Å². The number of nitrogens with one attached hydrogen (secondary N) is 1. The number of ether oxygens (including phenoxy) is 1. The first kappa shape index (κ1) is 27.1. The van der Waals surface area contributed by atoms with E-state index in [-0.39, 0.29) is 36.7 Å². The maximum absolute atomic E-state index is 13.4. The number of halogens is 4. The standard InChI is InChI=1S/C24H26F4N4O4/c1-15-6-9-20(36-15)32-14-18(24(26,27)28)22(34)31(23(32)35)11-5-3-2-4-10-30-21(33)16-7-8-19(25)17(12-16)13-29/h7-8,12,14-15,20H,2-6,9-11H2,1H3,(H,30,33)/t15-,20?/m1/s1. The van der Waals surface area contributed by atoms with Gasteiger partial charge in [0.25, 0.3) is 11.5 Å². The molecular formula is C24H26F4N4O4. The molecule has 0 radical (unpaired) electrons. The Morgan fingerprint density at radius 3 is 2.56 bits per heavy atom. The molecule has 36 heavy (non-hydrogen) atoms. The molecule has 1 fully saturated rings. The SMILES string of the molecule is C[C@@H]1CCC(n2cc(C(F)(F)F)c(=O)n(CCCCCCNC(=O)c3ccc(F)c(C#N)c3)c2=O)O1. The summed E-state index contributed by atoms with van der Waals surface area (Å²) in [5, 5.41) is 11.5. The molecule has 1 unspecified atom stereocenters. The van der Waals surface area contributed by atoms with Gasteiger partial charge in [0.1, 0.15) is 23.7 Å². The van der Waals surface area contributed by atoms with Crippen LogP contribution in [0.4, 0.5) is 17.6 Å². The molecule has 1 aliphatic rings. The van der Waals surface area contributed by atoms with E-state index in [1.165, 1.54) is 6.07 Å². The summed E-state index contributed by atoms with van der Waals surface area (Å²) < 4.78 is 60.7. The molecular weight excluding hydrogens is 484 g/mol. The number of carbonyl (C=O) groups is 1. The Hall–Kier alpha value is -3.46. The van der Waals surface area contributed by atoms with Crippen molar-refractivity contribution >= 4 is 5.91 Å².